The fraction of sp³-hybridized carbons (Fsp3) is 0.342. The number of aromatic nitrogens is 1. The van der Waals surface area contributed by atoms with Crippen LogP contribution in [-0.2, 0) is 32.2 Å². The van der Waals surface area contributed by atoms with Gasteiger partial charge in [-0.25, -0.2) is 4.98 Å². The highest BCUT2D eigenvalue weighted by atomic mass is 32.2. The number of rotatable bonds is 15. The third-order valence-corrected chi connectivity index (χ3v) is 9.19. The second kappa shape index (κ2) is 17.8. The molecule has 3 N–H and O–H groups in total. The van der Waals surface area contributed by atoms with Crippen LogP contribution in [0.25, 0.3) is 11.1 Å². The molecular weight excluding hydrogens is 611 g/mol. The molecule has 3 aromatic carbocycles. The van der Waals surface area contributed by atoms with Crippen molar-refractivity contribution in [3.05, 3.63) is 119 Å². The normalized spacial score (nSPS) is 17.6. The molecule has 246 valence electrons. The summed E-state index contributed by atoms with van der Waals surface area (Å²) in [6, 6.07) is 30.2. The molecule has 8 nitrogen and oxygen atoms in total. The van der Waals surface area contributed by atoms with E-state index in [9.17, 15) is 14.7 Å². The fourth-order valence-corrected chi connectivity index (χ4v) is 6.42. The lowest BCUT2D eigenvalue weighted by Gasteiger charge is -2.36. The average Bonchev–Trinajstić information content (AvgIpc) is 3.11. The van der Waals surface area contributed by atoms with Crippen LogP contribution in [0.3, 0.4) is 0 Å². The summed E-state index contributed by atoms with van der Waals surface area (Å²) >= 11 is 1.68. The van der Waals surface area contributed by atoms with Gasteiger partial charge in [0.2, 0.25) is 11.8 Å². The van der Waals surface area contributed by atoms with Crippen molar-refractivity contribution in [1.29, 1.82) is 0 Å². The van der Waals surface area contributed by atoms with Crippen molar-refractivity contribution in [1.82, 2.24) is 15.6 Å². The van der Waals surface area contributed by atoms with E-state index in [-0.39, 0.29) is 30.6 Å². The van der Waals surface area contributed by atoms with Crippen LogP contribution >= 0.6 is 11.8 Å². The number of ether oxygens (including phenoxy) is 2. The molecule has 1 aliphatic rings. The smallest absolute Gasteiger partial charge is 0.220 e. The SMILES string of the molecule is CC(=O)NCCCCCC(=O)NCc1ccccc1-c1ccc([C@H]2O[C@@H](CSc3ccccn3)C[C@@H](c3ccc(CO)cc3)O2)cc1. The first kappa shape index (κ1) is 34.3. The first-order chi connectivity index (χ1) is 23.0. The maximum atomic E-state index is 12.5. The molecule has 0 saturated carbocycles. The van der Waals surface area contributed by atoms with Gasteiger partial charge in [0.15, 0.2) is 6.29 Å². The Morgan fingerprint density at radius 2 is 1.64 bits per heavy atom. The number of pyridine rings is 1. The highest BCUT2D eigenvalue weighted by molar-refractivity contribution is 7.99. The van der Waals surface area contributed by atoms with Crippen LogP contribution in [0.4, 0.5) is 0 Å². The summed E-state index contributed by atoms with van der Waals surface area (Å²) in [5.41, 5.74) is 6.01. The molecule has 2 amide bonds. The molecule has 1 aliphatic heterocycles. The first-order valence-corrected chi connectivity index (χ1v) is 17.2. The molecule has 4 aromatic rings. The third-order valence-electron chi connectivity index (χ3n) is 8.11. The Labute approximate surface area is 281 Å². The van der Waals surface area contributed by atoms with Crippen molar-refractivity contribution in [2.75, 3.05) is 12.3 Å². The molecule has 0 radical (unpaired) electrons. The molecule has 0 aliphatic carbocycles. The van der Waals surface area contributed by atoms with E-state index in [1.165, 1.54) is 6.92 Å². The van der Waals surface area contributed by atoms with Crippen molar-refractivity contribution in [3.8, 4) is 11.1 Å². The van der Waals surface area contributed by atoms with Gasteiger partial charge in [-0.05, 0) is 52.8 Å². The van der Waals surface area contributed by atoms with Crippen molar-refractivity contribution in [3.63, 3.8) is 0 Å². The van der Waals surface area contributed by atoms with Crippen LogP contribution in [0.15, 0.2) is 102 Å². The summed E-state index contributed by atoms with van der Waals surface area (Å²) in [7, 11) is 0. The summed E-state index contributed by atoms with van der Waals surface area (Å²) in [6.07, 6.45) is 4.78. The van der Waals surface area contributed by atoms with Gasteiger partial charge in [0.25, 0.3) is 0 Å². The van der Waals surface area contributed by atoms with Crippen LogP contribution in [0.2, 0.25) is 0 Å². The van der Waals surface area contributed by atoms with Crippen molar-refractivity contribution >= 4 is 23.6 Å². The highest BCUT2D eigenvalue weighted by Gasteiger charge is 2.32. The molecule has 1 aromatic heterocycles. The number of amides is 2. The second-order valence-corrected chi connectivity index (χ2v) is 12.7. The second-order valence-electron chi connectivity index (χ2n) is 11.7. The lowest BCUT2D eigenvalue weighted by Crippen LogP contribution is -2.31. The molecule has 2 heterocycles. The highest BCUT2D eigenvalue weighted by Crippen LogP contribution is 2.40. The van der Waals surface area contributed by atoms with Gasteiger partial charge in [0.1, 0.15) is 0 Å². The minimum Gasteiger partial charge on any atom is -0.392 e. The third kappa shape index (κ3) is 10.5. The van der Waals surface area contributed by atoms with E-state index in [1.807, 2.05) is 60.7 Å². The molecule has 1 saturated heterocycles. The quantitative estimate of drug-likeness (QED) is 0.0947. The van der Waals surface area contributed by atoms with Gasteiger partial charge < -0.3 is 25.2 Å². The molecule has 0 spiro atoms. The maximum Gasteiger partial charge on any atom is 0.220 e. The molecule has 47 heavy (non-hydrogen) atoms. The van der Waals surface area contributed by atoms with Crippen LogP contribution in [0, 0.1) is 0 Å². The van der Waals surface area contributed by atoms with Gasteiger partial charge in [0.05, 0.1) is 23.8 Å². The topological polar surface area (TPSA) is 110 Å². The largest absolute Gasteiger partial charge is 0.392 e. The van der Waals surface area contributed by atoms with E-state index in [1.54, 1.807) is 18.0 Å². The van der Waals surface area contributed by atoms with E-state index >= 15 is 0 Å². The van der Waals surface area contributed by atoms with Gasteiger partial charge >= 0.3 is 0 Å². The number of thioether (sulfide) groups is 1. The van der Waals surface area contributed by atoms with Crippen LogP contribution in [-0.4, -0.2) is 40.3 Å². The lowest BCUT2D eigenvalue weighted by atomic mass is 9.97. The predicted octanol–water partition coefficient (Wildman–Crippen LogP) is 6.89. The number of nitrogens with zero attached hydrogens (tertiary/aromatic N) is 1. The molecule has 1 fully saturated rings. The van der Waals surface area contributed by atoms with Gasteiger partial charge in [-0.3, -0.25) is 9.59 Å². The molecule has 3 atom stereocenters. The predicted molar refractivity (Wildman–Crippen MR) is 184 cm³/mol. The van der Waals surface area contributed by atoms with Gasteiger partial charge in [-0.1, -0.05) is 85.3 Å². The summed E-state index contributed by atoms with van der Waals surface area (Å²) in [6.45, 7) is 2.61. The van der Waals surface area contributed by atoms with Crippen LogP contribution < -0.4 is 10.6 Å². The number of hydrogen-bond acceptors (Lipinski definition) is 7. The Hall–Kier alpha value is -4.02. The van der Waals surface area contributed by atoms with Crippen molar-refractivity contribution in [2.24, 2.45) is 0 Å². The Balaban J connectivity index is 1.23. The Morgan fingerprint density at radius 1 is 0.872 bits per heavy atom. The standard InChI is InChI=1S/C38H43N3O5S/c1-27(43)39-21-7-2-3-11-36(44)41-24-32-9-4-5-10-34(32)29-17-19-31(20-18-29)38-45-33(26-47-37-12-6-8-22-40-37)23-35(46-38)30-15-13-28(25-42)14-16-30/h4-6,8-10,12-20,22,33,35,38,42H,2-3,7,11,21,23-26H2,1H3,(H,39,43)(H,41,44)/t33-,35+,38+/m1/s1. The van der Waals surface area contributed by atoms with E-state index in [0.29, 0.717) is 25.9 Å². The Morgan fingerprint density at radius 3 is 2.38 bits per heavy atom. The van der Waals surface area contributed by atoms with Crippen LogP contribution in [0.1, 0.15) is 73.7 Å². The Kier molecular flexibility index (Phi) is 13.0. The van der Waals surface area contributed by atoms with E-state index in [2.05, 4.69) is 45.9 Å². The number of benzene rings is 3. The maximum absolute atomic E-state index is 12.5. The zero-order valence-corrected chi connectivity index (χ0v) is 27.6. The van der Waals surface area contributed by atoms with E-state index in [4.69, 9.17) is 9.47 Å². The molecule has 0 unspecified atom stereocenters. The zero-order chi connectivity index (χ0) is 32.8. The number of nitrogens with one attached hydrogen (secondary N) is 2. The van der Waals surface area contributed by atoms with Crippen LogP contribution in [0.5, 0.6) is 0 Å². The number of aliphatic hydroxyl groups excluding tert-OH is 1. The fourth-order valence-electron chi connectivity index (χ4n) is 5.54. The summed E-state index contributed by atoms with van der Waals surface area (Å²) in [5, 5.41) is 16.3. The lowest BCUT2D eigenvalue weighted by molar-refractivity contribution is -0.245. The molecular formula is C38H43N3O5S. The monoisotopic (exact) mass is 653 g/mol. The molecule has 9 heteroatoms. The minimum absolute atomic E-state index is 0.00482. The summed E-state index contributed by atoms with van der Waals surface area (Å²) in [5.74, 6) is 0.746. The van der Waals surface area contributed by atoms with Crippen molar-refractivity contribution < 1.29 is 24.2 Å². The van der Waals surface area contributed by atoms with Crippen molar-refractivity contribution in [2.45, 2.75) is 75.7 Å². The molecule has 5 rings (SSSR count). The molecule has 0 bridgehead atoms. The van der Waals surface area contributed by atoms with Gasteiger partial charge in [-0.2, -0.15) is 0 Å². The zero-order valence-electron chi connectivity index (χ0n) is 26.8. The number of aliphatic hydroxyl groups is 1. The van der Waals surface area contributed by atoms with E-state index in [0.717, 1.165) is 63.4 Å². The summed E-state index contributed by atoms with van der Waals surface area (Å²) in [4.78, 5) is 27.9. The number of carbonyl (C=O) groups is 2. The van der Waals surface area contributed by atoms with Gasteiger partial charge in [-0.15, -0.1) is 11.8 Å². The summed E-state index contributed by atoms with van der Waals surface area (Å²) < 4.78 is 13.0. The average molecular weight is 654 g/mol. The number of unbranched alkanes of at least 4 members (excludes halogenated alkanes) is 2. The Bertz CT molecular complexity index is 1570. The van der Waals surface area contributed by atoms with Gasteiger partial charge in [0, 0.05) is 50.4 Å². The number of hydrogen-bond donors (Lipinski definition) is 3. The number of carbonyl (C=O) groups excluding carboxylic acids is 2. The minimum atomic E-state index is -0.539. The first-order valence-electron chi connectivity index (χ1n) is 16.2. The van der Waals surface area contributed by atoms with E-state index < -0.39 is 6.29 Å².